The Balaban J connectivity index is 1.74. The number of hydrogen-bond donors (Lipinski definition) is 3. The molecule has 1 saturated carbocycles. The van der Waals surface area contributed by atoms with Gasteiger partial charge in [-0.25, -0.2) is 0 Å². The number of amides is 2. The molecule has 2 rings (SSSR count). The Morgan fingerprint density at radius 1 is 1.18 bits per heavy atom. The van der Waals surface area contributed by atoms with Gasteiger partial charge in [-0.15, -0.1) is 0 Å². The Hall–Kier alpha value is -1.10. The average molecular weight is 239 g/mol. The van der Waals surface area contributed by atoms with Gasteiger partial charge in [-0.2, -0.15) is 0 Å². The number of carbonyl (C=O) groups excluding carboxylic acids is 2. The largest absolute Gasteiger partial charge is 0.352 e. The van der Waals surface area contributed by atoms with Crippen LogP contribution in [0.1, 0.15) is 38.5 Å². The molecule has 2 fully saturated rings. The fraction of sp³-hybridized carbons (Fsp3) is 0.833. The third-order valence-electron chi connectivity index (χ3n) is 3.79. The minimum atomic E-state index is -0.301. The number of rotatable bonds is 3. The van der Waals surface area contributed by atoms with Crippen molar-refractivity contribution in [2.24, 2.45) is 0 Å². The molecule has 1 aliphatic carbocycles. The van der Waals surface area contributed by atoms with Gasteiger partial charge >= 0.3 is 0 Å². The molecule has 1 heterocycles. The topological polar surface area (TPSA) is 70.2 Å². The first-order chi connectivity index (χ1) is 8.19. The second-order valence-corrected chi connectivity index (χ2v) is 5.00. The molecule has 0 aromatic carbocycles. The van der Waals surface area contributed by atoms with E-state index in [0.29, 0.717) is 18.9 Å². The maximum absolute atomic E-state index is 11.9. The van der Waals surface area contributed by atoms with E-state index in [2.05, 4.69) is 16.0 Å². The van der Waals surface area contributed by atoms with E-state index in [0.717, 1.165) is 25.7 Å². The Kier molecular flexibility index (Phi) is 3.99. The van der Waals surface area contributed by atoms with Crippen LogP contribution in [-0.4, -0.2) is 37.0 Å². The fourth-order valence-electron chi connectivity index (χ4n) is 2.64. The summed E-state index contributed by atoms with van der Waals surface area (Å²) in [5.41, 5.74) is 0. The van der Waals surface area contributed by atoms with Gasteiger partial charge in [0, 0.05) is 18.5 Å². The van der Waals surface area contributed by atoms with Gasteiger partial charge in [-0.1, -0.05) is 0 Å². The fourth-order valence-corrected chi connectivity index (χ4v) is 2.64. The van der Waals surface area contributed by atoms with Crippen LogP contribution in [0.5, 0.6) is 0 Å². The predicted octanol–water partition coefficient (Wildman–Crippen LogP) is -0.0882. The second kappa shape index (κ2) is 5.49. The van der Waals surface area contributed by atoms with Gasteiger partial charge in [0.2, 0.25) is 11.8 Å². The summed E-state index contributed by atoms with van der Waals surface area (Å²) < 4.78 is 0. The van der Waals surface area contributed by atoms with Crippen LogP contribution in [0.3, 0.4) is 0 Å². The van der Waals surface area contributed by atoms with E-state index in [1.807, 2.05) is 7.05 Å². The second-order valence-electron chi connectivity index (χ2n) is 5.00. The van der Waals surface area contributed by atoms with Crippen LogP contribution < -0.4 is 16.0 Å². The summed E-state index contributed by atoms with van der Waals surface area (Å²) in [7, 11) is 1.98. The van der Waals surface area contributed by atoms with Crippen molar-refractivity contribution in [2.45, 2.75) is 56.7 Å². The molecular weight excluding hydrogens is 218 g/mol. The quantitative estimate of drug-likeness (QED) is 0.645. The smallest absolute Gasteiger partial charge is 0.242 e. The van der Waals surface area contributed by atoms with Crippen molar-refractivity contribution < 1.29 is 9.59 Å². The molecule has 0 radical (unpaired) electrons. The van der Waals surface area contributed by atoms with Crippen molar-refractivity contribution in [1.82, 2.24) is 16.0 Å². The lowest BCUT2D eigenvalue weighted by Crippen LogP contribution is -2.48. The molecule has 2 aliphatic rings. The maximum atomic E-state index is 11.9. The highest BCUT2D eigenvalue weighted by Crippen LogP contribution is 2.18. The molecule has 5 nitrogen and oxygen atoms in total. The molecule has 0 bridgehead atoms. The van der Waals surface area contributed by atoms with Gasteiger partial charge in [-0.05, 0) is 39.2 Å². The van der Waals surface area contributed by atoms with E-state index < -0.39 is 0 Å². The van der Waals surface area contributed by atoms with E-state index in [1.54, 1.807) is 0 Å². The summed E-state index contributed by atoms with van der Waals surface area (Å²) in [6.07, 6.45) is 5.38. The van der Waals surface area contributed by atoms with Crippen molar-refractivity contribution in [1.29, 1.82) is 0 Å². The zero-order valence-electron chi connectivity index (χ0n) is 10.3. The molecule has 0 aromatic rings. The first kappa shape index (κ1) is 12.4. The lowest BCUT2D eigenvalue weighted by atomic mass is 9.91. The Labute approximate surface area is 102 Å². The van der Waals surface area contributed by atoms with Crippen molar-refractivity contribution in [2.75, 3.05) is 7.05 Å². The number of nitrogens with one attached hydrogen (secondary N) is 3. The average Bonchev–Trinajstić information content (AvgIpc) is 2.77. The highest BCUT2D eigenvalue weighted by Gasteiger charge is 2.29. The molecule has 17 heavy (non-hydrogen) atoms. The highest BCUT2D eigenvalue weighted by molar-refractivity contribution is 5.90. The van der Waals surface area contributed by atoms with E-state index in [9.17, 15) is 9.59 Å². The summed E-state index contributed by atoms with van der Waals surface area (Å²) in [5.74, 6) is -0.0206. The van der Waals surface area contributed by atoms with Gasteiger partial charge < -0.3 is 16.0 Å². The molecule has 5 heteroatoms. The third-order valence-corrected chi connectivity index (χ3v) is 3.79. The molecule has 2 amide bonds. The summed E-state index contributed by atoms with van der Waals surface area (Å²) in [6, 6.07) is 0.573. The minimum Gasteiger partial charge on any atom is -0.352 e. The first-order valence-corrected chi connectivity index (χ1v) is 6.46. The summed E-state index contributed by atoms with van der Waals surface area (Å²) >= 11 is 0. The van der Waals surface area contributed by atoms with Crippen molar-refractivity contribution in [3.63, 3.8) is 0 Å². The van der Waals surface area contributed by atoms with E-state index in [1.165, 1.54) is 0 Å². The zero-order chi connectivity index (χ0) is 12.3. The molecule has 1 atom stereocenters. The van der Waals surface area contributed by atoms with Gasteiger partial charge in [0.15, 0.2) is 0 Å². The predicted molar refractivity (Wildman–Crippen MR) is 64.4 cm³/mol. The van der Waals surface area contributed by atoms with Crippen molar-refractivity contribution >= 4 is 11.8 Å². The minimum absolute atomic E-state index is 0.0101. The lowest BCUT2D eigenvalue weighted by molar-refractivity contribution is -0.126. The lowest BCUT2D eigenvalue weighted by Gasteiger charge is -2.29. The molecule has 1 aliphatic heterocycles. The standard InChI is InChI=1S/C12H21N3O2/c1-13-8-2-4-9(5-3-8)14-12(17)10-6-7-11(16)15-10/h8-10,13H,2-7H2,1H3,(H,14,17)(H,15,16). The van der Waals surface area contributed by atoms with Crippen LogP contribution in [0.25, 0.3) is 0 Å². The van der Waals surface area contributed by atoms with Crippen molar-refractivity contribution in [3.05, 3.63) is 0 Å². The highest BCUT2D eigenvalue weighted by atomic mass is 16.2. The molecule has 0 aromatic heterocycles. The number of hydrogen-bond acceptors (Lipinski definition) is 3. The Bertz CT molecular complexity index is 298. The monoisotopic (exact) mass is 239 g/mol. The first-order valence-electron chi connectivity index (χ1n) is 6.46. The normalized spacial score (nSPS) is 33.2. The molecule has 1 saturated heterocycles. The molecular formula is C12H21N3O2. The Morgan fingerprint density at radius 3 is 2.35 bits per heavy atom. The van der Waals surface area contributed by atoms with Crippen LogP contribution in [0.15, 0.2) is 0 Å². The van der Waals surface area contributed by atoms with E-state index in [4.69, 9.17) is 0 Å². The van der Waals surface area contributed by atoms with Crippen molar-refractivity contribution in [3.8, 4) is 0 Å². The summed E-state index contributed by atoms with van der Waals surface area (Å²) in [6.45, 7) is 0. The van der Waals surface area contributed by atoms with Gasteiger partial charge in [0.05, 0.1) is 0 Å². The van der Waals surface area contributed by atoms with Crippen LogP contribution >= 0.6 is 0 Å². The molecule has 3 N–H and O–H groups in total. The van der Waals surface area contributed by atoms with E-state index in [-0.39, 0.29) is 23.9 Å². The van der Waals surface area contributed by atoms with Gasteiger partial charge in [-0.3, -0.25) is 9.59 Å². The van der Waals surface area contributed by atoms with Crippen LogP contribution in [0, 0.1) is 0 Å². The SMILES string of the molecule is CNC1CCC(NC(=O)C2CCC(=O)N2)CC1. The molecule has 96 valence electrons. The van der Waals surface area contributed by atoms with Gasteiger partial charge in [0.1, 0.15) is 6.04 Å². The van der Waals surface area contributed by atoms with Gasteiger partial charge in [0.25, 0.3) is 0 Å². The van der Waals surface area contributed by atoms with Crippen LogP contribution in [-0.2, 0) is 9.59 Å². The molecule has 1 unspecified atom stereocenters. The zero-order valence-corrected chi connectivity index (χ0v) is 10.3. The summed E-state index contributed by atoms with van der Waals surface area (Å²) in [4.78, 5) is 22.9. The van der Waals surface area contributed by atoms with Crippen LogP contribution in [0.4, 0.5) is 0 Å². The Morgan fingerprint density at radius 2 is 1.82 bits per heavy atom. The molecule has 0 spiro atoms. The number of carbonyl (C=O) groups is 2. The third kappa shape index (κ3) is 3.19. The van der Waals surface area contributed by atoms with E-state index >= 15 is 0 Å². The summed E-state index contributed by atoms with van der Waals surface area (Å²) in [5, 5.41) is 9.01. The maximum Gasteiger partial charge on any atom is 0.242 e. The van der Waals surface area contributed by atoms with Crippen LogP contribution in [0.2, 0.25) is 0 Å².